The second kappa shape index (κ2) is 7.12. The summed E-state index contributed by atoms with van der Waals surface area (Å²) in [5, 5.41) is 9.70. The molecule has 0 saturated carbocycles. The zero-order valence-electron chi connectivity index (χ0n) is 14.5. The largest absolute Gasteiger partial charge is 0.458 e. The summed E-state index contributed by atoms with van der Waals surface area (Å²) in [7, 11) is 0. The molecule has 0 aliphatic heterocycles. The number of aromatic nitrogens is 1. The van der Waals surface area contributed by atoms with Crippen LogP contribution in [0.15, 0.2) is 41.3 Å². The van der Waals surface area contributed by atoms with Crippen molar-refractivity contribution in [1.29, 1.82) is 5.26 Å². The third kappa shape index (κ3) is 4.49. The van der Waals surface area contributed by atoms with E-state index >= 15 is 0 Å². The lowest BCUT2D eigenvalue weighted by molar-refractivity contribution is -0.158. The van der Waals surface area contributed by atoms with Gasteiger partial charge < -0.3 is 9.30 Å². The molecule has 0 spiro atoms. The number of nitrogens with zero attached hydrogens (tertiary/aromatic N) is 2. The van der Waals surface area contributed by atoms with E-state index in [4.69, 9.17) is 16.3 Å². The molecule has 0 aliphatic rings. The molecule has 6 heteroatoms. The van der Waals surface area contributed by atoms with Gasteiger partial charge in [-0.05, 0) is 57.5 Å². The van der Waals surface area contributed by atoms with E-state index in [1.54, 1.807) is 52.0 Å². The molecule has 5 nitrogen and oxygen atoms in total. The summed E-state index contributed by atoms with van der Waals surface area (Å²) in [5.41, 5.74) is 0.569. The molecule has 1 atom stereocenters. The van der Waals surface area contributed by atoms with Crippen molar-refractivity contribution in [1.82, 2.24) is 4.57 Å². The maximum Gasteiger partial charge on any atom is 0.329 e. The molecule has 130 valence electrons. The lowest BCUT2D eigenvalue weighted by Gasteiger charge is -2.23. The summed E-state index contributed by atoms with van der Waals surface area (Å²) < 4.78 is 6.62. The monoisotopic (exact) mass is 358 g/mol. The van der Waals surface area contributed by atoms with Gasteiger partial charge >= 0.3 is 5.97 Å². The Morgan fingerprint density at radius 3 is 2.52 bits per heavy atom. The first-order chi connectivity index (χ1) is 11.6. The Morgan fingerprint density at radius 2 is 1.96 bits per heavy atom. The van der Waals surface area contributed by atoms with Gasteiger partial charge in [-0.3, -0.25) is 4.79 Å². The highest BCUT2D eigenvalue weighted by atomic mass is 35.5. The van der Waals surface area contributed by atoms with Crippen LogP contribution in [0.3, 0.4) is 0 Å². The predicted molar refractivity (Wildman–Crippen MR) is 96.4 cm³/mol. The van der Waals surface area contributed by atoms with Gasteiger partial charge in [0, 0.05) is 22.8 Å². The topological polar surface area (TPSA) is 72.1 Å². The summed E-state index contributed by atoms with van der Waals surface area (Å²) >= 11 is 5.99. The molecule has 0 radical (unpaired) electrons. The number of pyridine rings is 1. The van der Waals surface area contributed by atoms with Gasteiger partial charge in [0.05, 0.1) is 11.6 Å². The van der Waals surface area contributed by atoms with Crippen LogP contribution in [0.5, 0.6) is 0 Å². The van der Waals surface area contributed by atoms with Gasteiger partial charge in [-0.1, -0.05) is 11.6 Å². The number of esters is 1. The number of carbonyl (C=O) groups is 1. The maximum atomic E-state index is 12.4. The maximum absolute atomic E-state index is 12.4. The third-order valence-electron chi connectivity index (χ3n) is 3.53. The average molecular weight is 359 g/mol. The van der Waals surface area contributed by atoms with Crippen LogP contribution in [-0.4, -0.2) is 16.1 Å². The number of nitriles is 1. The first-order valence-electron chi connectivity index (χ1n) is 7.77. The van der Waals surface area contributed by atoms with Crippen LogP contribution in [0.4, 0.5) is 0 Å². The number of halogens is 1. The molecule has 1 heterocycles. The van der Waals surface area contributed by atoms with Crippen molar-refractivity contribution in [2.75, 3.05) is 0 Å². The van der Waals surface area contributed by atoms with E-state index in [1.807, 2.05) is 0 Å². The Bertz CT molecular complexity index is 904. The number of ether oxygens (including phenoxy) is 1. The van der Waals surface area contributed by atoms with Crippen LogP contribution < -0.4 is 5.56 Å². The zero-order chi connectivity index (χ0) is 18.8. The van der Waals surface area contributed by atoms with E-state index in [0.717, 1.165) is 0 Å². The number of benzene rings is 1. The number of rotatable bonds is 3. The molecular formula is C19H19ClN2O3. The first kappa shape index (κ1) is 18.8. The van der Waals surface area contributed by atoms with Gasteiger partial charge in [0.25, 0.3) is 5.56 Å². The smallest absolute Gasteiger partial charge is 0.329 e. The number of carbonyl (C=O) groups excluding carboxylic acids is 1. The lowest BCUT2D eigenvalue weighted by atomic mass is 10.0. The highest BCUT2D eigenvalue weighted by molar-refractivity contribution is 6.30. The van der Waals surface area contributed by atoms with Gasteiger partial charge in [-0.15, -0.1) is 0 Å². The van der Waals surface area contributed by atoms with Crippen molar-refractivity contribution in [2.45, 2.75) is 39.3 Å². The molecule has 0 bridgehead atoms. The van der Waals surface area contributed by atoms with E-state index in [1.165, 1.54) is 16.8 Å². The Labute approximate surface area is 151 Å². The number of hydrogen-bond acceptors (Lipinski definition) is 4. The predicted octanol–water partition coefficient (Wildman–Crippen LogP) is 3.94. The molecule has 0 fully saturated rings. The normalized spacial score (nSPS) is 12.3. The van der Waals surface area contributed by atoms with Gasteiger partial charge in [-0.2, -0.15) is 5.26 Å². The summed E-state index contributed by atoms with van der Waals surface area (Å²) in [4.78, 5) is 24.6. The van der Waals surface area contributed by atoms with E-state index in [9.17, 15) is 14.9 Å². The minimum Gasteiger partial charge on any atom is -0.458 e. The molecule has 0 aliphatic carbocycles. The standard InChI is InChI=1S/C19H19ClN2O3/c1-12(18(24)25-19(2,3)4)22-8-7-13(9-17(22)23)16-10-15(20)6-5-14(16)11-21/h5-10,12H,1-4H3. The third-order valence-corrected chi connectivity index (χ3v) is 3.76. The SMILES string of the molecule is CC(C(=O)OC(C)(C)C)n1ccc(-c2cc(Cl)ccc2C#N)cc1=O. The fraction of sp³-hybridized carbons (Fsp3) is 0.316. The van der Waals surface area contributed by atoms with Crippen LogP contribution in [0.2, 0.25) is 5.02 Å². The molecule has 25 heavy (non-hydrogen) atoms. The van der Waals surface area contributed by atoms with Crippen molar-refractivity contribution >= 4 is 17.6 Å². The Hall–Kier alpha value is -2.58. The molecule has 1 unspecified atom stereocenters. The fourth-order valence-electron chi connectivity index (χ4n) is 2.33. The van der Waals surface area contributed by atoms with E-state index in [2.05, 4.69) is 6.07 Å². The first-order valence-corrected chi connectivity index (χ1v) is 8.15. The highest BCUT2D eigenvalue weighted by Gasteiger charge is 2.23. The quantitative estimate of drug-likeness (QED) is 0.779. The second-order valence-corrected chi connectivity index (χ2v) is 7.11. The fourth-order valence-corrected chi connectivity index (χ4v) is 2.50. The molecule has 0 saturated heterocycles. The van der Waals surface area contributed by atoms with Crippen LogP contribution in [0.1, 0.15) is 39.3 Å². The average Bonchev–Trinajstić information content (AvgIpc) is 2.52. The highest BCUT2D eigenvalue weighted by Crippen LogP contribution is 2.26. The summed E-state index contributed by atoms with van der Waals surface area (Å²) in [6, 6.07) is 9.24. The molecule has 2 aromatic rings. The van der Waals surface area contributed by atoms with Gasteiger partial charge in [-0.25, -0.2) is 4.79 Å². The Morgan fingerprint density at radius 1 is 1.28 bits per heavy atom. The van der Waals surface area contributed by atoms with E-state index in [-0.39, 0.29) is 5.56 Å². The zero-order valence-corrected chi connectivity index (χ0v) is 15.3. The van der Waals surface area contributed by atoms with Gasteiger partial charge in [0.1, 0.15) is 11.6 Å². The van der Waals surface area contributed by atoms with Gasteiger partial charge in [0.15, 0.2) is 0 Å². The van der Waals surface area contributed by atoms with Crippen molar-refractivity contribution in [2.24, 2.45) is 0 Å². The summed E-state index contributed by atoms with van der Waals surface area (Å²) in [5.74, 6) is -0.484. The molecule has 0 amide bonds. The minimum atomic E-state index is -0.754. The van der Waals surface area contributed by atoms with Crippen LogP contribution >= 0.6 is 11.6 Å². The minimum absolute atomic E-state index is 0.361. The van der Waals surface area contributed by atoms with Crippen molar-refractivity contribution in [3.63, 3.8) is 0 Å². The molecule has 2 rings (SSSR count). The molecule has 1 aromatic carbocycles. The Kier molecular flexibility index (Phi) is 5.34. The molecule has 0 N–H and O–H groups in total. The van der Waals surface area contributed by atoms with Crippen molar-refractivity contribution in [3.05, 3.63) is 57.5 Å². The van der Waals surface area contributed by atoms with Crippen LogP contribution in [0.25, 0.3) is 11.1 Å². The lowest BCUT2D eigenvalue weighted by Crippen LogP contribution is -2.33. The Balaban J connectivity index is 2.40. The number of hydrogen-bond donors (Lipinski definition) is 0. The summed E-state index contributed by atoms with van der Waals surface area (Å²) in [6.45, 7) is 6.92. The van der Waals surface area contributed by atoms with Crippen molar-refractivity contribution < 1.29 is 9.53 Å². The molecular weight excluding hydrogens is 340 g/mol. The van der Waals surface area contributed by atoms with Crippen LogP contribution in [0, 0.1) is 11.3 Å². The second-order valence-electron chi connectivity index (χ2n) is 6.67. The van der Waals surface area contributed by atoms with E-state index in [0.29, 0.717) is 21.7 Å². The van der Waals surface area contributed by atoms with Crippen molar-refractivity contribution in [3.8, 4) is 17.2 Å². The molecule has 1 aromatic heterocycles. The van der Waals surface area contributed by atoms with Gasteiger partial charge in [0.2, 0.25) is 0 Å². The van der Waals surface area contributed by atoms with Crippen LogP contribution in [-0.2, 0) is 9.53 Å². The van der Waals surface area contributed by atoms with E-state index < -0.39 is 17.6 Å². The summed E-state index contributed by atoms with van der Waals surface area (Å²) in [6.07, 6.45) is 1.52.